The van der Waals surface area contributed by atoms with Crippen LogP contribution in [-0.4, -0.2) is 44.6 Å². The number of aromatic hydroxyl groups is 2. The third-order valence-corrected chi connectivity index (χ3v) is 4.22. The van der Waals surface area contributed by atoms with E-state index in [0.29, 0.717) is 13.1 Å². The van der Waals surface area contributed by atoms with Crippen molar-refractivity contribution in [2.75, 3.05) is 18.8 Å². The van der Waals surface area contributed by atoms with Crippen molar-refractivity contribution in [2.24, 2.45) is 0 Å². The molecule has 0 aliphatic carbocycles. The fourth-order valence-electron chi connectivity index (χ4n) is 2.06. The van der Waals surface area contributed by atoms with E-state index in [1.165, 1.54) is 18.2 Å². The predicted octanol–water partition coefficient (Wildman–Crippen LogP) is 2.07. The van der Waals surface area contributed by atoms with Gasteiger partial charge < -0.3 is 15.1 Å². The Morgan fingerprint density at radius 3 is 2.78 bits per heavy atom. The Morgan fingerprint density at radius 1 is 1.39 bits per heavy atom. The smallest absolute Gasteiger partial charge is 0.257 e. The Labute approximate surface area is 111 Å². The number of hydrogen-bond donors (Lipinski definition) is 2. The molecule has 4 nitrogen and oxygen atoms in total. The number of rotatable bonds is 1. The number of carbonyl (C=O) groups is 1. The molecule has 0 atom stereocenters. The molecule has 1 aromatic rings. The van der Waals surface area contributed by atoms with E-state index < -0.39 is 0 Å². The molecule has 2 N–H and O–H groups in total. The Kier molecular flexibility index (Phi) is 3.43. The summed E-state index contributed by atoms with van der Waals surface area (Å²) in [6.45, 7) is 5.51. The number of phenolic OH excluding ortho intramolecular Hbond substituents is 2. The van der Waals surface area contributed by atoms with Crippen LogP contribution in [0.15, 0.2) is 18.2 Å². The molecule has 1 aliphatic rings. The largest absolute Gasteiger partial charge is 0.508 e. The fourth-order valence-corrected chi connectivity index (χ4v) is 3.17. The van der Waals surface area contributed by atoms with Crippen LogP contribution in [0, 0.1) is 0 Å². The maximum atomic E-state index is 12.3. The van der Waals surface area contributed by atoms with Crippen molar-refractivity contribution < 1.29 is 15.0 Å². The van der Waals surface area contributed by atoms with Crippen molar-refractivity contribution in [3.05, 3.63) is 23.8 Å². The van der Waals surface area contributed by atoms with Crippen molar-refractivity contribution in [1.29, 1.82) is 0 Å². The average Bonchev–Trinajstić information content (AvgIpc) is 2.30. The lowest BCUT2D eigenvalue weighted by atomic mass is 10.1. The van der Waals surface area contributed by atoms with Crippen LogP contribution in [0.1, 0.15) is 24.2 Å². The van der Waals surface area contributed by atoms with Gasteiger partial charge in [0.2, 0.25) is 0 Å². The van der Waals surface area contributed by atoms with Crippen molar-refractivity contribution in [3.8, 4) is 11.5 Å². The first-order valence-electron chi connectivity index (χ1n) is 5.84. The number of carbonyl (C=O) groups excluding carboxylic acids is 1. The lowest BCUT2D eigenvalue weighted by molar-refractivity contribution is 0.0744. The van der Waals surface area contributed by atoms with Crippen LogP contribution in [0.4, 0.5) is 0 Å². The average molecular weight is 267 g/mol. The van der Waals surface area contributed by atoms with Gasteiger partial charge in [0, 0.05) is 23.6 Å². The van der Waals surface area contributed by atoms with E-state index in [0.717, 1.165) is 5.75 Å². The quantitative estimate of drug-likeness (QED) is 0.765. The first-order valence-corrected chi connectivity index (χ1v) is 6.83. The molecule has 0 unspecified atom stereocenters. The van der Waals surface area contributed by atoms with Gasteiger partial charge in [-0.05, 0) is 32.0 Å². The molecule has 1 aliphatic heterocycles. The summed E-state index contributed by atoms with van der Waals surface area (Å²) in [6.07, 6.45) is 0. The minimum absolute atomic E-state index is 0.0122. The van der Waals surface area contributed by atoms with E-state index in [9.17, 15) is 15.0 Å². The van der Waals surface area contributed by atoms with Crippen LogP contribution in [-0.2, 0) is 0 Å². The lowest BCUT2D eigenvalue weighted by Crippen LogP contribution is -2.46. The van der Waals surface area contributed by atoms with Crippen molar-refractivity contribution in [3.63, 3.8) is 0 Å². The molecule has 1 heterocycles. The summed E-state index contributed by atoms with van der Waals surface area (Å²) in [5.41, 5.74) is 0.165. The van der Waals surface area contributed by atoms with Crippen molar-refractivity contribution in [2.45, 2.75) is 18.6 Å². The SMILES string of the molecule is CC1(C)CN(C(=O)c2cc(O)ccc2O)CCS1. The molecule has 1 saturated heterocycles. The summed E-state index contributed by atoms with van der Waals surface area (Å²) >= 11 is 1.84. The fraction of sp³-hybridized carbons (Fsp3) is 0.462. The molecule has 0 spiro atoms. The molecule has 0 radical (unpaired) electrons. The van der Waals surface area contributed by atoms with Gasteiger partial charge in [-0.2, -0.15) is 11.8 Å². The van der Waals surface area contributed by atoms with Gasteiger partial charge in [-0.1, -0.05) is 0 Å². The van der Waals surface area contributed by atoms with E-state index in [2.05, 4.69) is 13.8 Å². The lowest BCUT2D eigenvalue weighted by Gasteiger charge is -2.37. The standard InChI is InChI=1S/C13H17NO3S/c1-13(2)8-14(5-6-18-13)12(17)10-7-9(15)3-4-11(10)16/h3-4,7,15-16H,5-6,8H2,1-2H3. The number of thioether (sulfide) groups is 1. The third-order valence-electron chi connectivity index (χ3n) is 2.92. The zero-order chi connectivity index (χ0) is 13.3. The van der Waals surface area contributed by atoms with Gasteiger partial charge in [-0.3, -0.25) is 4.79 Å². The molecule has 98 valence electrons. The van der Waals surface area contributed by atoms with Gasteiger partial charge >= 0.3 is 0 Å². The highest BCUT2D eigenvalue weighted by Gasteiger charge is 2.31. The van der Waals surface area contributed by atoms with Crippen LogP contribution in [0.2, 0.25) is 0 Å². The third kappa shape index (κ3) is 2.72. The first-order chi connectivity index (χ1) is 8.39. The minimum atomic E-state index is -0.225. The maximum Gasteiger partial charge on any atom is 0.257 e. The predicted molar refractivity (Wildman–Crippen MR) is 72.2 cm³/mol. The Morgan fingerprint density at radius 2 is 2.11 bits per heavy atom. The van der Waals surface area contributed by atoms with Crippen LogP contribution >= 0.6 is 11.8 Å². The van der Waals surface area contributed by atoms with Gasteiger partial charge in [0.05, 0.1) is 5.56 Å². The first kappa shape index (κ1) is 13.1. The Hall–Kier alpha value is -1.36. The van der Waals surface area contributed by atoms with Crippen LogP contribution in [0.25, 0.3) is 0 Å². The molecule has 2 rings (SSSR count). The molecule has 0 saturated carbocycles. The second-order valence-electron chi connectivity index (χ2n) is 5.04. The number of nitrogens with zero attached hydrogens (tertiary/aromatic N) is 1. The highest BCUT2D eigenvalue weighted by molar-refractivity contribution is 8.00. The molecule has 0 aromatic heterocycles. The molecule has 5 heteroatoms. The molecule has 1 fully saturated rings. The summed E-state index contributed by atoms with van der Waals surface area (Å²) in [4.78, 5) is 14.0. The zero-order valence-electron chi connectivity index (χ0n) is 10.5. The number of benzene rings is 1. The van der Waals surface area contributed by atoms with Gasteiger partial charge in [0.1, 0.15) is 11.5 Å². The highest BCUT2D eigenvalue weighted by atomic mass is 32.2. The molecule has 18 heavy (non-hydrogen) atoms. The molecular formula is C13H17NO3S. The summed E-state index contributed by atoms with van der Waals surface area (Å²) < 4.78 is 0.0281. The van der Waals surface area contributed by atoms with E-state index >= 15 is 0 Å². The maximum absolute atomic E-state index is 12.3. The van der Waals surface area contributed by atoms with E-state index in [1.807, 2.05) is 11.8 Å². The zero-order valence-corrected chi connectivity index (χ0v) is 11.3. The molecule has 1 aromatic carbocycles. The van der Waals surface area contributed by atoms with Gasteiger partial charge in [0.25, 0.3) is 5.91 Å². The molecular weight excluding hydrogens is 250 g/mol. The normalized spacial score (nSPS) is 18.7. The van der Waals surface area contributed by atoms with E-state index in [-0.39, 0.29) is 27.7 Å². The summed E-state index contributed by atoms with van der Waals surface area (Å²) in [5.74, 6) is 0.561. The van der Waals surface area contributed by atoms with E-state index in [1.54, 1.807) is 4.90 Å². The van der Waals surface area contributed by atoms with Crippen LogP contribution in [0.5, 0.6) is 11.5 Å². The molecule has 0 bridgehead atoms. The second kappa shape index (κ2) is 4.72. The summed E-state index contributed by atoms with van der Waals surface area (Å²) in [7, 11) is 0. The van der Waals surface area contributed by atoms with Crippen LogP contribution in [0.3, 0.4) is 0 Å². The van der Waals surface area contributed by atoms with Crippen molar-refractivity contribution >= 4 is 17.7 Å². The number of phenols is 2. The Bertz CT molecular complexity index is 473. The van der Waals surface area contributed by atoms with Gasteiger partial charge in [-0.25, -0.2) is 0 Å². The topological polar surface area (TPSA) is 60.8 Å². The van der Waals surface area contributed by atoms with Crippen LogP contribution < -0.4 is 0 Å². The monoisotopic (exact) mass is 267 g/mol. The summed E-state index contributed by atoms with van der Waals surface area (Å²) in [6, 6.07) is 4.01. The molecule has 1 amide bonds. The van der Waals surface area contributed by atoms with Crippen molar-refractivity contribution in [1.82, 2.24) is 4.90 Å². The second-order valence-corrected chi connectivity index (χ2v) is 6.84. The van der Waals surface area contributed by atoms with Gasteiger partial charge in [-0.15, -0.1) is 0 Å². The highest BCUT2D eigenvalue weighted by Crippen LogP contribution is 2.31. The Balaban J connectivity index is 2.23. The number of hydrogen-bond acceptors (Lipinski definition) is 4. The van der Waals surface area contributed by atoms with Gasteiger partial charge in [0.15, 0.2) is 0 Å². The number of amides is 1. The minimum Gasteiger partial charge on any atom is -0.508 e. The summed E-state index contributed by atoms with van der Waals surface area (Å²) in [5, 5.41) is 19.1. The van der Waals surface area contributed by atoms with E-state index in [4.69, 9.17) is 0 Å².